The van der Waals surface area contributed by atoms with Crippen LogP contribution in [0.2, 0.25) is 0 Å². The van der Waals surface area contributed by atoms with E-state index in [1.165, 1.54) is 0 Å². The maximum atomic E-state index is 13.0. The fourth-order valence-corrected chi connectivity index (χ4v) is 4.11. The number of nitrogens with one attached hydrogen (secondary N) is 1. The van der Waals surface area contributed by atoms with E-state index in [4.69, 9.17) is 0 Å². The summed E-state index contributed by atoms with van der Waals surface area (Å²) in [6.45, 7) is 4.19. The summed E-state index contributed by atoms with van der Waals surface area (Å²) in [5.41, 5.74) is 0.732. The Morgan fingerprint density at radius 1 is 1.14 bits per heavy atom. The fourth-order valence-electron chi connectivity index (χ4n) is 3.27. The van der Waals surface area contributed by atoms with Gasteiger partial charge in [-0.25, -0.2) is 0 Å². The summed E-state index contributed by atoms with van der Waals surface area (Å²) in [5, 5.41) is 13.0. The number of rotatable bonds is 5. The lowest BCUT2D eigenvalue weighted by atomic mass is 10.0. The van der Waals surface area contributed by atoms with Gasteiger partial charge in [-0.3, -0.25) is 14.0 Å². The first kappa shape index (κ1) is 18.3. The van der Waals surface area contributed by atoms with Crippen LogP contribution in [0.4, 0.5) is 0 Å². The summed E-state index contributed by atoms with van der Waals surface area (Å²) in [7, 11) is 0. The highest BCUT2D eigenvalue weighted by atomic mass is 32.1. The Morgan fingerprint density at radius 2 is 1.93 bits per heavy atom. The van der Waals surface area contributed by atoms with Gasteiger partial charge in [0.05, 0.1) is 10.9 Å². The largest absolute Gasteiger partial charge is 0.341 e. The van der Waals surface area contributed by atoms with Gasteiger partial charge in [0.25, 0.3) is 5.91 Å². The molecule has 6 nitrogen and oxygen atoms in total. The van der Waals surface area contributed by atoms with Gasteiger partial charge in [-0.2, -0.15) is 0 Å². The van der Waals surface area contributed by atoms with E-state index in [2.05, 4.69) is 29.4 Å². The van der Waals surface area contributed by atoms with Gasteiger partial charge < -0.3 is 5.32 Å². The van der Waals surface area contributed by atoms with Crippen molar-refractivity contribution in [2.75, 3.05) is 0 Å². The summed E-state index contributed by atoms with van der Waals surface area (Å²) in [6.07, 6.45) is 2.60. The molecule has 7 heteroatoms. The maximum Gasteiger partial charge on any atom is 0.262 e. The van der Waals surface area contributed by atoms with Crippen molar-refractivity contribution in [3.8, 4) is 0 Å². The van der Waals surface area contributed by atoms with E-state index in [9.17, 15) is 9.59 Å². The maximum absolute atomic E-state index is 13.0. The lowest BCUT2D eigenvalue weighted by molar-refractivity contribution is 0.0933. The summed E-state index contributed by atoms with van der Waals surface area (Å²) >= 11 is 0.966. The zero-order valence-corrected chi connectivity index (χ0v) is 16.4. The second-order valence-electron chi connectivity index (χ2n) is 7.13. The van der Waals surface area contributed by atoms with Crippen LogP contribution in [0.3, 0.4) is 0 Å². The van der Waals surface area contributed by atoms with E-state index < -0.39 is 0 Å². The summed E-state index contributed by atoms with van der Waals surface area (Å²) < 4.78 is 1.77. The topological polar surface area (TPSA) is 76.4 Å². The number of hydrogen-bond donors (Lipinski definition) is 1. The molecule has 0 fully saturated rings. The Labute approximate surface area is 165 Å². The molecule has 0 bridgehead atoms. The van der Waals surface area contributed by atoms with E-state index >= 15 is 0 Å². The van der Waals surface area contributed by atoms with Crippen LogP contribution >= 0.6 is 11.3 Å². The van der Waals surface area contributed by atoms with Gasteiger partial charge in [-0.1, -0.05) is 49.4 Å². The van der Waals surface area contributed by atoms with Gasteiger partial charge in [0.15, 0.2) is 11.5 Å². The van der Waals surface area contributed by atoms with Gasteiger partial charge in [0, 0.05) is 11.6 Å². The highest BCUT2D eigenvalue weighted by Crippen LogP contribution is 2.22. The monoisotopic (exact) mass is 392 g/mol. The molecule has 4 rings (SSSR count). The minimum Gasteiger partial charge on any atom is -0.341 e. The van der Waals surface area contributed by atoms with Crippen LogP contribution in [0.25, 0.3) is 16.4 Å². The predicted octanol–water partition coefficient (Wildman–Crippen LogP) is 3.82. The average molecular weight is 392 g/mol. The molecule has 142 valence electrons. The molecular formula is C21H20N4O2S. The molecule has 28 heavy (non-hydrogen) atoms. The van der Waals surface area contributed by atoms with Crippen molar-refractivity contribution < 1.29 is 4.79 Å². The molecule has 1 atom stereocenters. The van der Waals surface area contributed by atoms with Crippen LogP contribution in [-0.2, 0) is 0 Å². The molecule has 0 radical (unpaired) electrons. The quantitative estimate of drug-likeness (QED) is 0.560. The lowest BCUT2D eigenvalue weighted by Crippen LogP contribution is -2.31. The molecule has 3 heterocycles. The predicted molar refractivity (Wildman–Crippen MR) is 111 cm³/mol. The molecule has 0 spiro atoms. The van der Waals surface area contributed by atoms with Crippen LogP contribution in [-0.4, -0.2) is 20.5 Å². The molecule has 0 saturated heterocycles. The molecule has 3 aromatic heterocycles. The first-order chi connectivity index (χ1) is 13.5. The summed E-state index contributed by atoms with van der Waals surface area (Å²) in [6, 6.07) is 14.4. The average Bonchev–Trinajstić information content (AvgIpc) is 3.11. The number of carbonyl (C=O) groups is 1. The number of hydrogen-bond acceptors (Lipinski definition) is 5. The zero-order chi connectivity index (χ0) is 19.7. The lowest BCUT2D eigenvalue weighted by Gasteiger charge is -2.19. The standard InChI is InChI=1S/C21H20N4O2S/c1-13(2)11-16(19-24-23-18-9-5-6-10-25(18)19)22-20(26)17-12-14-7-3-4-8-15(14)21(27)28-17/h3-10,12-13,16H,11H2,1-2H3,(H,22,26)/t16-/m0/s1. The van der Waals surface area contributed by atoms with Crippen LogP contribution in [0.5, 0.6) is 0 Å². The normalized spacial score (nSPS) is 12.5. The number of amides is 1. The molecule has 0 unspecified atom stereocenters. The highest BCUT2D eigenvalue weighted by molar-refractivity contribution is 7.12. The zero-order valence-electron chi connectivity index (χ0n) is 15.6. The number of nitrogens with zero attached hydrogens (tertiary/aromatic N) is 3. The minimum atomic E-state index is -0.307. The van der Waals surface area contributed by atoms with Gasteiger partial charge >= 0.3 is 0 Å². The fraction of sp³-hybridized carbons (Fsp3) is 0.238. The molecule has 1 aromatic carbocycles. The minimum absolute atomic E-state index is 0.114. The van der Waals surface area contributed by atoms with Crippen molar-refractivity contribution in [2.45, 2.75) is 26.3 Å². The first-order valence-electron chi connectivity index (χ1n) is 9.16. The molecule has 0 aliphatic heterocycles. The number of fused-ring (bicyclic) bond motifs is 2. The van der Waals surface area contributed by atoms with E-state index in [0.717, 1.165) is 22.4 Å². The smallest absolute Gasteiger partial charge is 0.262 e. The van der Waals surface area contributed by atoms with Crippen molar-refractivity contribution in [1.29, 1.82) is 0 Å². The highest BCUT2D eigenvalue weighted by Gasteiger charge is 2.23. The molecule has 0 aliphatic rings. The molecular weight excluding hydrogens is 372 g/mol. The second-order valence-corrected chi connectivity index (χ2v) is 8.14. The third-order valence-electron chi connectivity index (χ3n) is 4.56. The first-order valence-corrected chi connectivity index (χ1v) is 9.98. The molecule has 1 amide bonds. The van der Waals surface area contributed by atoms with Crippen molar-refractivity contribution in [2.24, 2.45) is 5.92 Å². The molecule has 4 aromatic rings. The van der Waals surface area contributed by atoms with Crippen molar-refractivity contribution in [1.82, 2.24) is 19.9 Å². The number of aromatic nitrogens is 3. The Kier molecular flexibility index (Phi) is 4.92. The van der Waals surface area contributed by atoms with Gasteiger partial charge in [-0.05, 0) is 42.0 Å². The SMILES string of the molecule is CC(C)C[C@H](NC(=O)c1cc2ccccc2c(=O)s1)c1nnc2ccccn12. The third kappa shape index (κ3) is 3.53. The van der Waals surface area contributed by atoms with Crippen LogP contribution in [0.15, 0.2) is 59.5 Å². The third-order valence-corrected chi connectivity index (χ3v) is 5.49. The van der Waals surface area contributed by atoms with Gasteiger partial charge in [0.1, 0.15) is 0 Å². The summed E-state index contributed by atoms with van der Waals surface area (Å²) in [4.78, 5) is 25.7. The second kappa shape index (κ2) is 7.52. The van der Waals surface area contributed by atoms with E-state index in [-0.39, 0.29) is 16.7 Å². The Balaban J connectivity index is 1.69. The van der Waals surface area contributed by atoms with Crippen molar-refractivity contribution in [3.63, 3.8) is 0 Å². The Hall–Kier alpha value is -3.06. The molecule has 0 aliphatic carbocycles. The van der Waals surface area contributed by atoms with Crippen LogP contribution in [0, 0.1) is 5.92 Å². The van der Waals surface area contributed by atoms with Crippen LogP contribution < -0.4 is 10.1 Å². The van der Waals surface area contributed by atoms with Gasteiger partial charge in [-0.15, -0.1) is 10.2 Å². The van der Waals surface area contributed by atoms with Crippen molar-refractivity contribution >= 4 is 33.7 Å². The van der Waals surface area contributed by atoms with Crippen LogP contribution in [0.1, 0.15) is 41.8 Å². The number of benzene rings is 1. The molecule has 0 saturated carbocycles. The van der Waals surface area contributed by atoms with E-state index in [1.54, 1.807) is 12.1 Å². The number of carbonyl (C=O) groups excluding carboxylic acids is 1. The Morgan fingerprint density at radius 3 is 2.75 bits per heavy atom. The van der Waals surface area contributed by atoms with Crippen molar-refractivity contribution in [3.05, 3.63) is 75.0 Å². The van der Waals surface area contributed by atoms with E-state index in [0.29, 0.717) is 28.4 Å². The number of pyridine rings is 1. The van der Waals surface area contributed by atoms with Gasteiger partial charge in [0.2, 0.25) is 4.74 Å². The summed E-state index contributed by atoms with van der Waals surface area (Å²) in [5.74, 6) is 0.758. The molecule has 1 N–H and O–H groups in total. The Bertz CT molecular complexity index is 1210. The van der Waals surface area contributed by atoms with E-state index in [1.807, 2.05) is 47.0 Å².